The van der Waals surface area contributed by atoms with Crippen molar-refractivity contribution in [1.82, 2.24) is 10.6 Å². The Kier molecular flexibility index (Phi) is 12.4. The quantitative estimate of drug-likeness (QED) is 0.214. The molecular formula is C33H45N3O8. The summed E-state index contributed by atoms with van der Waals surface area (Å²) in [5, 5.41) is 18.2. The zero-order chi connectivity index (χ0) is 32.4. The maximum absolute atomic E-state index is 13.4. The molecule has 11 heteroatoms. The van der Waals surface area contributed by atoms with Gasteiger partial charge in [0, 0.05) is 25.5 Å². The van der Waals surface area contributed by atoms with E-state index >= 15 is 0 Å². The first-order valence-corrected chi connectivity index (χ1v) is 15.1. The molecule has 3 rings (SSSR count). The highest BCUT2D eigenvalue weighted by Gasteiger charge is 2.29. The topological polar surface area (TPSA) is 152 Å². The average Bonchev–Trinajstić information content (AvgIpc) is 3.24. The number of carbonyl (C=O) groups is 3. The number of methoxy groups -OCH3 is 3. The first-order valence-electron chi connectivity index (χ1n) is 15.1. The molecule has 44 heavy (non-hydrogen) atoms. The standard InChI is InChI=1S/C33H45N3O8/c1-7-19(2)30(33(40)41)36-28(39)11-9-8-10-16-34-25-15-13-22-23(18-26(25)38)24(35-20(3)37)14-12-21-17-27(42-4)31(43-5)32(44-6)29(21)22/h13,15,17-19,24,30H,7-12,14,16H2,1-6H3,(H,34,38)(H,35,37)(H,36,39)(H,40,41). The van der Waals surface area contributed by atoms with Crippen LogP contribution in [0.4, 0.5) is 5.69 Å². The van der Waals surface area contributed by atoms with Crippen molar-refractivity contribution in [3.63, 3.8) is 0 Å². The number of carboxylic acids is 1. The lowest BCUT2D eigenvalue weighted by atomic mass is 9.95. The van der Waals surface area contributed by atoms with E-state index in [1.165, 1.54) is 6.92 Å². The van der Waals surface area contributed by atoms with Crippen LogP contribution in [0.25, 0.3) is 11.1 Å². The van der Waals surface area contributed by atoms with Crippen molar-refractivity contribution >= 4 is 23.5 Å². The van der Waals surface area contributed by atoms with E-state index < -0.39 is 18.1 Å². The molecule has 0 radical (unpaired) electrons. The number of ether oxygens (including phenoxy) is 3. The van der Waals surface area contributed by atoms with Crippen LogP contribution < -0.4 is 35.6 Å². The molecule has 0 spiro atoms. The third-order valence-electron chi connectivity index (χ3n) is 8.11. The number of aryl methyl sites for hydroxylation is 1. The summed E-state index contributed by atoms with van der Waals surface area (Å²) in [6, 6.07) is 5.81. The molecule has 0 bridgehead atoms. The summed E-state index contributed by atoms with van der Waals surface area (Å²) in [4.78, 5) is 49.3. The second-order valence-electron chi connectivity index (χ2n) is 11.1. The highest BCUT2D eigenvalue weighted by molar-refractivity contribution is 5.84. The Balaban J connectivity index is 1.80. The zero-order valence-electron chi connectivity index (χ0n) is 26.5. The van der Waals surface area contributed by atoms with Crippen LogP contribution in [-0.2, 0) is 20.8 Å². The largest absolute Gasteiger partial charge is 0.493 e. The van der Waals surface area contributed by atoms with Gasteiger partial charge in [-0.3, -0.25) is 14.4 Å². The summed E-state index contributed by atoms with van der Waals surface area (Å²) in [6.07, 6.45) is 4.11. The van der Waals surface area contributed by atoms with E-state index in [-0.39, 0.29) is 29.6 Å². The average molecular weight is 612 g/mol. The number of anilines is 1. The van der Waals surface area contributed by atoms with Crippen molar-refractivity contribution in [2.24, 2.45) is 5.92 Å². The minimum atomic E-state index is -1.03. The van der Waals surface area contributed by atoms with Crippen LogP contribution in [0.2, 0.25) is 0 Å². The summed E-state index contributed by atoms with van der Waals surface area (Å²) < 4.78 is 17.0. The fourth-order valence-corrected chi connectivity index (χ4v) is 5.59. The third kappa shape index (κ3) is 8.21. The molecule has 0 fully saturated rings. The lowest BCUT2D eigenvalue weighted by Crippen LogP contribution is -2.44. The number of aliphatic carboxylic acids is 1. The van der Waals surface area contributed by atoms with Crippen LogP contribution in [0, 0.1) is 5.92 Å². The van der Waals surface area contributed by atoms with Gasteiger partial charge in [0.15, 0.2) is 11.5 Å². The van der Waals surface area contributed by atoms with Crippen molar-refractivity contribution in [3.8, 4) is 28.4 Å². The molecule has 2 aromatic rings. The molecule has 0 aromatic heterocycles. The molecule has 0 aliphatic heterocycles. The van der Waals surface area contributed by atoms with Gasteiger partial charge in [0.25, 0.3) is 0 Å². The summed E-state index contributed by atoms with van der Waals surface area (Å²) in [5.74, 6) is -0.190. The fraction of sp³-hybridized carbons (Fsp3) is 0.515. The van der Waals surface area contributed by atoms with Gasteiger partial charge in [-0.15, -0.1) is 0 Å². The van der Waals surface area contributed by atoms with E-state index in [0.717, 1.165) is 23.1 Å². The van der Waals surface area contributed by atoms with E-state index in [2.05, 4.69) is 16.0 Å². The fourth-order valence-electron chi connectivity index (χ4n) is 5.59. The molecule has 4 N–H and O–H groups in total. The minimum absolute atomic E-state index is 0.155. The van der Waals surface area contributed by atoms with Gasteiger partial charge in [0.05, 0.1) is 33.1 Å². The molecule has 3 unspecified atom stereocenters. The number of rotatable bonds is 15. The number of benzene rings is 1. The Hall–Kier alpha value is -4.28. The second kappa shape index (κ2) is 16.0. The van der Waals surface area contributed by atoms with Gasteiger partial charge >= 0.3 is 5.97 Å². The molecule has 0 heterocycles. The number of nitrogens with one attached hydrogen (secondary N) is 3. The van der Waals surface area contributed by atoms with Crippen LogP contribution in [0.3, 0.4) is 0 Å². The Bertz CT molecular complexity index is 1410. The van der Waals surface area contributed by atoms with Crippen LogP contribution in [0.5, 0.6) is 17.2 Å². The Morgan fingerprint density at radius 1 is 1.02 bits per heavy atom. The van der Waals surface area contributed by atoms with Gasteiger partial charge in [-0.2, -0.15) is 0 Å². The molecule has 0 saturated heterocycles. The van der Waals surface area contributed by atoms with Gasteiger partial charge in [-0.1, -0.05) is 32.8 Å². The van der Waals surface area contributed by atoms with E-state index in [4.69, 9.17) is 14.2 Å². The van der Waals surface area contributed by atoms with E-state index in [0.29, 0.717) is 67.1 Å². The van der Waals surface area contributed by atoms with Gasteiger partial charge in [0.2, 0.25) is 23.0 Å². The Morgan fingerprint density at radius 3 is 2.36 bits per heavy atom. The SMILES string of the molecule is CCC(C)C(NC(=O)CCCCCNc1ccc2c(cc1=O)C(NC(C)=O)CCc1cc(OC)c(OC)c(OC)c1-2)C(=O)O. The number of carboxylic acid groups (broad SMARTS) is 1. The first kappa shape index (κ1) is 34.2. The highest BCUT2D eigenvalue weighted by Crippen LogP contribution is 2.50. The van der Waals surface area contributed by atoms with Crippen LogP contribution in [0.1, 0.15) is 76.5 Å². The molecule has 2 amide bonds. The smallest absolute Gasteiger partial charge is 0.326 e. The molecule has 0 saturated carbocycles. The van der Waals surface area contributed by atoms with Crippen molar-refractivity contribution in [2.75, 3.05) is 33.2 Å². The number of amides is 2. The lowest BCUT2D eigenvalue weighted by Gasteiger charge is -2.20. The molecular weight excluding hydrogens is 566 g/mol. The van der Waals surface area contributed by atoms with Crippen LogP contribution in [-0.4, -0.2) is 56.8 Å². The van der Waals surface area contributed by atoms with Crippen LogP contribution in [0.15, 0.2) is 29.1 Å². The molecule has 3 atom stereocenters. The second-order valence-corrected chi connectivity index (χ2v) is 11.1. The van der Waals surface area contributed by atoms with Gasteiger partial charge in [-0.25, -0.2) is 4.79 Å². The Labute approximate surface area is 258 Å². The van der Waals surface area contributed by atoms with E-state index in [1.807, 2.05) is 19.1 Å². The number of hydrogen-bond donors (Lipinski definition) is 4. The van der Waals surface area contributed by atoms with Crippen molar-refractivity contribution in [1.29, 1.82) is 0 Å². The monoisotopic (exact) mass is 611 g/mol. The summed E-state index contributed by atoms with van der Waals surface area (Å²) in [7, 11) is 4.66. The molecule has 1 aliphatic rings. The number of fused-ring (bicyclic) bond motifs is 3. The predicted octanol–water partition coefficient (Wildman–Crippen LogP) is 4.45. The summed E-state index contributed by atoms with van der Waals surface area (Å²) in [6.45, 7) is 5.66. The number of carbonyl (C=O) groups excluding carboxylic acids is 2. The normalized spacial score (nSPS) is 15.0. The number of hydrogen-bond acceptors (Lipinski definition) is 8. The maximum atomic E-state index is 13.4. The van der Waals surface area contributed by atoms with Gasteiger partial charge in [0.1, 0.15) is 6.04 Å². The summed E-state index contributed by atoms with van der Waals surface area (Å²) >= 11 is 0. The zero-order valence-corrected chi connectivity index (χ0v) is 26.5. The van der Waals surface area contributed by atoms with Crippen molar-refractivity contribution in [3.05, 3.63) is 45.6 Å². The lowest BCUT2D eigenvalue weighted by molar-refractivity contribution is -0.143. The highest BCUT2D eigenvalue weighted by atomic mass is 16.5. The van der Waals surface area contributed by atoms with Crippen LogP contribution >= 0.6 is 0 Å². The first-order chi connectivity index (χ1) is 21.1. The molecule has 2 aromatic carbocycles. The van der Waals surface area contributed by atoms with Crippen molar-refractivity contribution in [2.45, 2.75) is 77.8 Å². The Morgan fingerprint density at radius 2 is 1.75 bits per heavy atom. The number of unbranched alkanes of at least 4 members (excludes halogenated alkanes) is 2. The molecule has 1 aliphatic carbocycles. The van der Waals surface area contributed by atoms with E-state index in [1.54, 1.807) is 40.4 Å². The van der Waals surface area contributed by atoms with Gasteiger partial charge in [-0.05, 0) is 66.5 Å². The minimum Gasteiger partial charge on any atom is -0.493 e. The maximum Gasteiger partial charge on any atom is 0.326 e. The third-order valence-corrected chi connectivity index (χ3v) is 8.11. The predicted molar refractivity (Wildman–Crippen MR) is 169 cm³/mol. The van der Waals surface area contributed by atoms with Crippen molar-refractivity contribution < 1.29 is 33.7 Å². The van der Waals surface area contributed by atoms with Gasteiger partial charge < -0.3 is 35.3 Å². The summed E-state index contributed by atoms with van der Waals surface area (Å²) in [5.41, 5.74) is 3.37. The van der Waals surface area contributed by atoms with E-state index in [9.17, 15) is 24.3 Å². The molecule has 240 valence electrons. The molecule has 11 nitrogen and oxygen atoms in total.